The number of carbonyl (C=O) groups is 1. The second kappa shape index (κ2) is 6.99. The van der Waals surface area contributed by atoms with Gasteiger partial charge in [0.15, 0.2) is 0 Å². The molecule has 4 aliphatic rings. The second-order valence-electron chi connectivity index (χ2n) is 9.32. The number of carboxylic acids is 1. The van der Waals surface area contributed by atoms with Crippen LogP contribution in [0.5, 0.6) is 0 Å². The third-order valence-electron chi connectivity index (χ3n) is 7.27. The Morgan fingerprint density at radius 2 is 1.53 bits per heavy atom. The molecule has 0 heterocycles. The quantitative estimate of drug-likeness (QED) is 0.653. The minimum absolute atomic E-state index is 0.00272. The molecule has 4 aliphatic carbocycles. The fraction of sp³-hybridized carbons (Fsp3) is 0.435. The Morgan fingerprint density at radius 1 is 0.967 bits per heavy atom. The Bertz CT molecular complexity index is 1080. The van der Waals surface area contributed by atoms with E-state index >= 15 is 0 Å². The van der Waals surface area contributed by atoms with E-state index in [4.69, 9.17) is 11.6 Å². The van der Waals surface area contributed by atoms with Gasteiger partial charge in [0, 0.05) is 5.02 Å². The molecule has 30 heavy (non-hydrogen) atoms. The predicted octanol–water partition coefficient (Wildman–Crippen LogP) is 5.31. The van der Waals surface area contributed by atoms with Gasteiger partial charge in [0.1, 0.15) is 0 Å². The molecule has 5 nitrogen and oxygen atoms in total. The molecule has 158 valence electrons. The molecule has 0 radical (unpaired) electrons. The maximum absolute atomic E-state index is 12.9. The summed E-state index contributed by atoms with van der Waals surface area (Å²) in [5.74, 6) is 1.22. The van der Waals surface area contributed by atoms with Gasteiger partial charge < -0.3 is 5.11 Å². The van der Waals surface area contributed by atoms with Crippen LogP contribution in [0.25, 0.3) is 0 Å². The summed E-state index contributed by atoms with van der Waals surface area (Å²) in [6, 6.07) is 11.3. The minimum Gasteiger partial charge on any atom is -0.478 e. The third-order valence-corrected chi connectivity index (χ3v) is 8.89. The number of benzene rings is 2. The zero-order chi connectivity index (χ0) is 21.1. The average molecular weight is 446 g/mol. The highest BCUT2D eigenvalue weighted by Crippen LogP contribution is 2.60. The lowest BCUT2D eigenvalue weighted by Gasteiger charge is -2.57. The maximum Gasteiger partial charge on any atom is 0.337 e. The van der Waals surface area contributed by atoms with E-state index in [2.05, 4.69) is 4.72 Å². The lowest BCUT2D eigenvalue weighted by molar-refractivity contribution is -0.00521. The van der Waals surface area contributed by atoms with Crippen molar-refractivity contribution < 1.29 is 18.3 Å². The van der Waals surface area contributed by atoms with Crippen molar-refractivity contribution in [1.29, 1.82) is 0 Å². The number of hydrogen-bond acceptors (Lipinski definition) is 3. The first-order chi connectivity index (χ1) is 14.2. The Kier molecular flexibility index (Phi) is 4.63. The maximum atomic E-state index is 12.9. The first-order valence-corrected chi connectivity index (χ1v) is 12.3. The lowest BCUT2D eigenvalue weighted by Crippen LogP contribution is -2.48. The van der Waals surface area contributed by atoms with Gasteiger partial charge in [0.05, 0.1) is 16.1 Å². The number of halogens is 1. The summed E-state index contributed by atoms with van der Waals surface area (Å²) >= 11 is 5.85. The first-order valence-electron chi connectivity index (χ1n) is 10.4. The largest absolute Gasteiger partial charge is 0.478 e. The fourth-order valence-corrected chi connectivity index (χ4v) is 7.69. The van der Waals surface area contributed by atoms with E-state index < -0.39 is 16.0 Å². The van der Waals surface area contributed by atoms with Gasteiger partial charge in [-0.3, -0.25) is 4.72 Å². The highest BCUT2D eigenvalue weighted by molar-refractivity contribution is 7.92. The monoisotopic (exact) mass is 445 g/mol. The van der Waals surface area contributed by atoms with Crippen LogP contribution in [0, 0.1) is 17.8 Å². The van der Waals surface area contributed by atoms with Crippen molar-refractivity contribution >= 4 is 33.3 Å². The molecule has 0 atom stereocenters. The molecule has 0 amide bonds. The Balaban J connectivity index is 1.41. The van der Waals surface area contributed by atoms with E-state index in [-0.39, 0.29) is 26.6 Å². The van der Waals surface area contributed by atoms with Crippen molar-refractivity contribution in [1.82, 2.24) is 0 Å². The van der Waals surface area contributed by atoms with Crippen molar-refractivity contribution in [3.63, 3.8) is 0 Å². The molecule has 2 N–H and O–H groups in total. The molecular weight excluding hydrogens is 422 g/mol. The van der Waals surface area contributed by atoms with Crippen molar-refractivity contribution in [3.05, 3.63) is 58.6 Å². The molecule has 4 fully saturated rings. The van der Waals surface area contributed by atoms with Gasteiger partial charge in [0.25, 0.3) is 10.0 Å². The molecule has 0 aromatic heterocycles. The van der Waals surface area contributed by atoms with Gasteiger partial charge in [-0.05, 0) is 97.6 Å². The summed E-state index contributed by atoms with van der Waals surface area (Å²) in [7, 11) is -3.91. The molecule has 2 aromatic rings. The molecule has 0 aliphatic heterocycles. The fourth-order valence-electron chi connectivity index (χ4n) is 6.44. The molecule has 7 heteroatoms. The number of rotatable bonds is 5. The Labute approximate surface area is 181 Å². The molecule has 6 rings (SSSR count). The summed E-state index contributed by atoms with van der Waals surface area (Å²) in [4.78, 5) is 11.6. The van der Waals surface area contributed by atoms with Crippen molar-refractivity contribution in [2.75, 3.05) is 4.72 Å². The predicted molar refractivity (Wildman–Crippen MR) is 116 cm³/mol. The van der Waals surface area contributed by atoms with Gasteiger partial charge in [0.2, 0.25) is 0 Å². The zero-order valence-corrected chi connectivity index (χ0v) is 18.0. The first kappa shape index (κ1) is 19.9. The van der Waals surface area contributed by atoms with Gasteiger partial charge in [-0.25, -0.2) is 13.2 Å². The summed E-state index contributed by atoms with van der Waals surface area (Å²) in [6.45, 7) is 0. The van der Waals surface area contributed by atoms with Crippen LogP contribution in [-0.2, 0) is 15.4 Å². The van der Waals surface area contributed by atoms with E-state index in [9.17, 15) is 18.3 Å². The van der Waals surface area contributed by atoms with Crippen LogP contribution in [0.4, 0.5) is 5.69 Å². The van der Waals surface area contributed by atoms with Crippen molar-refractivity contribution in [3.8, 4) is 0 Å². The van der Waals surface area contributed by atoms with Crippen LogP contribution in [0.1, 0.15) is 54.4 Å². The minimum atomic E-state index is -3.91. The SMILES string of the molecule is O=C(O)c1cc(Cl)ccc1NS(=O)(=O)c1ccc(C23CC4CC(CC(C4)C2)C3)cc1. The standard InChI is InChI=1S/C23H24ClNO4S/c24-18-3-6-21(20(10-18)22(26)27)25-30(28,29)19-4-1-17(2-5-19)23-11-14-7-15(12-23)9-16(8-14)13-23/h1-6,10,14-16,25H,7-9,11-13H2,(H,26,27). The smallest absolute Gasteiger partial charge is 0.337 e. The van der Waals surface area contributed by atoms with Gasteiger partial charge in [-0.15, -0.1) is 0 Å². The summed E-state index contributed by atoms with van der Waals surface area (Å²) in [5.41, 5.74) is 1.27. The van der Waals surface area contributed by atoms with Crippen LogP contribution >= 0.6 is 11.6 Å². The molecule has 2 aromatic carbocycles. The number of aromatic carboxylic acids is 1. The van der Waals surface area contributed by atoms with Crippen LogP contribution in [0.15, 0.2) is 47.4 Å². The zero-order valence-electron chi connectivity index (χ0n) is 16.5. The molecule has 0 unspecified atom stereocenters. The Morgan fingerprint density at radius 3 is 2.07 bits per heavy atom. The van der Waals surface area contributed by atoms with Crippen LogP contribution in [-0.4, -0.2) is 19.5 Å². The second-order valence-corrected chi connectivity index (χ2v) is 11.4. The summed E-state index contributed by atoms with van der Waals surface area (Å²) < 4.78 is 28.2. The Hall–Kier alpha value is -2.05. The van der Waals surface area contributed by atoms with Gasteiger partial charge in [-0.2, -0.15) is 0 Å². The number of nitrogens with one attached hydrogen (secondary N) is 1. The number of hydrogen-bond donors (Lipinski definition) is 2. The molecular formula is C23H24ClNO4S. The van der Waals surface area contributed by atoms with E-state index in [1.54, 1.807) is 12.1 Å². The van der Waals surface area contributed by atoms with Gasteiger partial charge >= 0.3 is 5.97 Å². The van der Waals surface area contributed by atoms with E-state index in [0.717, 1.165) is 17.8 Å². The van der Waals surface area contributed by atoms with Crippen molar-refractivity contribution in [2.45, 2.75) is 48.8 Å². The van der Waals surface area contributed by atoms with E-state index in [1.165, 1.54) is 62.3 Å². The van der Waals surface area contributed by atoms with Crippen molar-refractivity contribution in [2.24, 2.45) is 17.8 Å². The molecule has 4 saturated carbocycles. The summed E-state index contributed by atoms with van der Waals surface area (Å²) in [6.07, 6.45) is 7.75. The number of anilines is 1. The van der Waals surface area contributed by atoms with E-state index in [1.807, 2.05) is 12.1 Å². The highest BCUT2D eigenvalue weighted by atomic mass is 35.5. The topological polar surface area (TPSA) is 83.5 Å². The van der Waals surface area contributed by atoms with Gasteiger partial charge in [-0.1, -0.05) is 23.7 Å². The van der Waals surface area contributed by atoms with Crippen LogP contribution in [0.3, 0.4) is 0 Å². The summed E-state index contributed by atoms with van der Waals surface area (Å²) in [5, 5.41) is 9.58. The average Bonchev–Trinajstić information content (AvgIpc) is 2.68. The molecule has 4 bridgehead atoms. The third kappa shape index (κ3) is 3.40. The number of carboxylic acid groups (broad SMARTS) is 1. The van der Waals surface area contributed by atoms with E-state index in [0.29, 0.717) is 0 Å². The molecule has 0 spiro atoms. The highest BCUT2D eigenvalue weighted by Gasteiger charge is 2.51. The lowest BCUT2D eigenvalue weighted by atomic mass is 9.48. The normalized spacial score (nSPS) is 29.7. The van der Waals surface area contributed by atoms with Crippen LogP contribution < -0.4 is 4.72 Å². The van der Waals surface area contributed by atoms with Crippen LogP contribution in [0.2, 0.25) is 5.02 Å². The number of sulfonamides is 1. The molecule has 0 saturated heterocycles.